The maximum Gasteiger partial charge on any atom is 0.0504 e. The molecule has 0 nitrogen and oxygen atoms in total. The predicted octanol–water partition coefficient (Wildman–Crippen LogP) is 4.05. The minimum Gasteiger partial charge on any atom is -0.0691 e. The van der Waals surface area contributed by atoms with Crippen molar-refractivity contribution in [2.45, 2.75) is 63.7 Å². The zero-order valence-electron chi connectivity index (χ0n) is 8.32. The maximum absolute atomic E-state index is 2.58. The molecule has 1 aliphatic carbocycles. The highest BCUT2D eigenvalue weighted by atomic mass is 28.3. The standard InChI is InChI=1S/C10H22Si/c1-4-5-6-9-11(2,3)10-7-8-10/h10H,4-9H2,1-3H3. The molecular formula is C10H22Si. The van der Waals surface area contributed by atoms with E-state index < -0.39 is 8.07 Å². The number of rotatable bonds is 5. The highest BCUT2D eigenvalue weighted by molar-refractivity contribution is 6.79. The van der Waals surface area contributed by atoms with Crippen LogP contribution in [0.3, 0.4) is 0 Å². The first-order valence-electron chi connectivity index (χ1n) is 5.17. The van der Waals surface area contributed by atoms with E-state index in [-0.39, 0.29) is 0 Å². The normalized spacial score (nSPS) is 18.8. The van der Waals surface area contributed by atoms with Crippen molar-refractivity contribution in [2.24, 2.45) is 0 Å². The molecule has 11 heavy (non-hydrogen) atoms. The molecule has 0 aromatic heterocycles. The van der Waals surface area contributed by atoms with Gasteiger partial charge in [0.05, 0.1) is 8.07 Å². The Morgan fingerprint density at radius 1 is 1.18 bits per heavy atom. The van der Waals surface area contributed by atoms with Crippen LogP contribution in [0.25, 0.3) is 0 Å². The Bertz CT molecular complexity index is 114. The molecule has 0 aromatic rings. The summed E-state index contributed by atoms with van der Waals surface area (Å²) in [6.07, 6.45) is 7.47. The van der Waals surface area contributed by atoms with Gasteiger partial charge in [-0.15, -0.1) is 0 Å². The topological polar surface area (TPSA) is 0 Å². The fourth-order valence-electron chi connectivity index (χ4n) is 1.90. The van der Waals surface area contributed by atoms with Crippen LogP contribution >= 0.6 is 0 Å². The van der Waals surface area contributed by atoms with E-state index in [0.717, 1.165) is 0 Å². The molecule has 0 saturated heterocycles. The molecule has 0 radical (unpaired) electrons. The van der Waals surface area contributed by atoms with E-state index in [0.29, 0.717) is 0 Å². The molecule has 0 amide bonds. The molecule has 0 atom stereocenters. The molecular weight excluding hydrogens is 148 g/mol. The molecule has 1 rings (SSSR count). The molecule has 1 saturated carbocycles. The van der Waals surface area contributed by atoms with Crippen molar-refractivity contribution in [3.05, 3.63) is 0 Å². The highest BCUT2D eigenvalue weighted by Crippen LogP contribution is 2.47. The van der Waals surface area contributed by atoms with Gasteiger partial charge in [-0.2, -0.15) is 0 Å². The summed E-state index contributed by atoms with van der Waals surface area (Å²) in [5.41, 5.74) is 1.21. The second-order valence-electron chi connectivity index (χ2n) is 4.72. The molecule has 1 heteroatoms. The van der Waals surface area contributed by atoms with Crippen molar-refractivity contribution in [1.82, 2.24) is 0 Å². The Balaban J connectivity index is 2.12. The summed E-state index contributed by atoms with van der Waals surface area (Å²) < 4.78 is 0. The fourth-order valence-corrected chi connectivity index (χ4v) is 5.20. The monoisotopic (exact) mass is 170 g/mol. The van der Waals surface area contributed by atoms with Crippen molar-refractivity contribution >= 4 is 8.07 Å². The van der Waals surface area contributed by atoms with Gasteiger partial charge in [-0.3, -0.25) is 0 Å². The van der Waals surface area contributed by atoms with E-state index in [2.05, 4.69) is 20.0 Å². The summed E-state index contributed by atoms with van der Waals surface area (Å²) in [5.74, 6) is 0. The van der Waals surface area contributed by atoms with E-state index in [1.54, 1.807) is 18.9 Å². The summed E-state index contributed by atoms with van der Waals surface area (Å²) in [4.78, 5) is 0. The first-order chi connectivity index (χ1) is 5.17. The van der Waals surface area contributed by atoms with Gasteiger partial charge in [-0.1, -0.05) is 58.2 Å². The lowest BCUT2D eigenvalue weighted by molar-refractivity contribution is 0.760. The fraction of sp³-hybridized carbons (Fsp3) is 1.00. The molecule has 66 valence electrons. The molecule has 0 unspecified atom stereocenters. The Morgan fingerprint density at radius 3 is 2.27 bits per heavy atom. The Hall–Kier alpha value is 0.217. The lowest BCUT2D eigenvalue weighted by Gasteiger charge is -2.21. The quantitative estimate of drug-likeness (QED) is 0.431. The van der Waals surface area contributed by atoms with Gasteiger partial charge in [0.1, 0.15) is 0 Å². The Morgan fingerprint density at radius 2 is 1.82 bits per heavy atom. The Kier molecular flexibility index (Phi) is 3.17. The molecule has 0 N–H and O–H groups in total. The molecule has 1 aliphatic rings. The SMILES string of the molecule is CCCCC[Si](C)(C)C1CC1. The van der Waals surface area contributed by atoms with Gasteiger partial charge in [-0.25, -0.2) is 0 Å². The zero-order chi connectivity index (χ0) is 8.32. The van der Waals surface area contributed by atoms with Gasteiger partial charge in [-0.05, 0) is 5.54 Å². The van der Waals surface area contributed by atoms with E-state index >= 15 is 0 Å². The smallest absolute Gasteiger partial charge is 0.0504 e. The van der Waals surface area contributed by atoms with Crippen LogP contribution in [0.2, 0.25) is 24.7 Å². The van der Waals surface area contributed by atoms with Crippen molar-refractivity contribution in [2.75, 3.05) is 0 Å². The van der Waals surface area contributed by atoms with Crippen LogP contribution in [0.5, 0.6) is 0 Å². The van der Waals surface area contributed by atoms with Gasteiger partial charge in [0.2, 0.25) is 0 Å². The first kappa shape index (κ1) is 9.31. The average Bonchev–Trinajstić information content (AvgIpc) is 2.68. The molecule has 0 aliphatic heterocycles. The van der Waals surface area contributed by atoms with Gasteiger partial charge in [0.15, 0.2) is 0 Å². The molecule has 0 heterocycles. The van der Waals surface area contributed by atoms with Crippen LogP contribution in [0, 0.1) is 0 Å². The van der Waals surface area contributed by atoms with Crippen molar-refractivity contribution in [3.8, 4) is 0 Å². The number of unbranched alkanes of at least 4 members (excludes halogenated alkanes) is 2. The third kappa shape index (κ3) is 2.98. The van der Waals surface area contributed by atoms with Crippen molar-refractivity contribution < 1.29 is 0 Å². The maximum atomic E-state index is 2.58. The summed E-state index contributed by atoms with van der Waals surface area (Å²) in [6, 6.07) is 1.59. The van der Waals surface area contributed by atoms with Crippen molar-refractivity contribution in [1.29, 1.82) is 0 Å². The van der Waals surface area contributed by atoms with Crippen LogP contribution < -0.4 is 0 Å². The van der Waals surface area contributed by atoms with Crippen LogP contribution in [0.1, 0.15) is 39.0 Å². The second-order valence-corrected chi connectivity index (χ2v) is 10.0. The second kappa shape index (κ2) is 3.75. The molecule has 0 spiro atoms. The largest absolute Gasteiger partial charge is 0.0691 e. The van der Waals surface area contributed by atoms with E-state index in [9.17, 15) is 0 Å². The highest BCUT2D eigenvalue weighted by Gasteiger charge is 2.38. The van der Waals surface area contributed by atoms with Crippen LogP contribution in [-0.4, -0.2) is 8.07 Å². The van der Waals surface area contributed by atoms with Gasteiger partial charge >= 0.3 is 0 Å². The summed E-state index contributed by atoms with van der Waals surface area (Å²) in [5, 5.41) is 0. The molecule has 1 fully saturated rings. The summed E-state index contributed by atoms with van der Waals surface area (Å²) >= 11 is 0. The third-order valence-corrected chi connectivity index (χ3v) is 7.54. The number of hydrogen-bond donors (Lipinski definition) is 0. The van der Waals surface area contributed by atoms with Crippen LogP contribution in [-0.2, 0) is 0 Å². The van der Waals surface area contributed by atoms with Crippen molar-refractivity contribution in [3.63, 3.8) is 0 Å². The summed E-state index contributed by atoms with van der Waals surface area (Å²) in [7, 11) is -0.707. The van der Waals surface area contributed by atoms with Gasteiger partial charge < -0.3 is 0 Å². The lowest BCUT2D eigenvalue weighted by atomic mass is 10.3. The molecule has 0 bridgehead atoms. The minimum atomic E-state index is -0.707. The van der Waals surface area contributed by atoms with E-state index in [1.807, 2.05) is 0 Å². The van der Waals surface area contributed by atoms with Crippen LogP contribution in [0.4, 0.5) is 0 Å². The molecule has 0 aromatic carbocycles. The van der Waals surface area contributed by atoms with Crippen LogP contribution in [0.15, 0.2) is 0 Å². The average molecular weight is 170 g/mol. The predicted molar refractivity (Wildman–Crippen MR) is 54.8 cm³/mol. The minimum absolute atomic E-state index is 0.707. The number of hydrogen-bond acceptors (Lipinski definition) is 0. The van der Waals surface area contributed by atoms with E-state index in [1.165, 1.54) is 24.8 Å². The van der Waals surface area contributed by atoms with Gasteiger partial charge in [0, 0.05) is 0 Å². The lowest BCUT2D eigenvalue weighted by Crippen LogP contribution is -2.25. The third-order valence-electron chi connectivity index (χ3n) is 3.11. The van der Waals surface area contributed by atoms with Gasteiger partial charge in [0.25, 0.3) is 0 Å². The Labute approximate surface area is 72.4 Å². The summed E-state index contributed by atoms with van der Waals surface area (Å²) in [6.45, 7) is 7.46. The van der Waals surface area contributed by atoms with E-state index in [4.69, 9.17) is 0 Å². The zero-order valence-corrected chi connectivity index (χ0v) is 9.32. The first-order valence-corrected chi connectivity index (χ1v) is 8.45.